The first-order chi connectivity index (χ1) is 6.70. The molecular weight excluding hydrogens is 181 g/mol. The van der Waals surface area contributed by atoms with Crippen LogP contribution in [-0.2, 0) is 0 Å². The fourth-order valence-electron chi connectivity index (χ4n) is 1.12. The minimum atomic E-state index is -0.549. The second-order valence-corrected chi connectivity index (χ2v) is 2.78. The molecule has 0 heterocycles. The molecule has 0 aliphatic rings. The number of hydrogen-bond acceptors (Lipinski definition) is 2. The average Bonchev–Trinajstić information content (AvgIpc) is 2.19. The van der Waals surface area contributed by atoms with Gasteiger partial charge in [-0.3, -0.25) is 4.79 Å². The van der Waals surface area contributed by atoms with E-state index in [0.29, 0.717) is 11.8 Å². The van der Waals surface area contributed by atoms with Gasteiger partial charge in [0.2, 0.25) is 0 Å². The summed E-state index contributed by atoms with van der Waals surface area (Å²) in [5.41, 5.74) is 6.40. The van der Waals surface area contributed by atoms with E-state index in [1.807, 2.05) is 0 Å². The molecule has 2 nitrogen and oxygen atoms in total. The lowest BCUT2D eigenvalue weighted by molar-refractivity contribution is 0.111. The van der Waals surface area contributed by atoms with Crippen LogP contribution in [0.5, 0.6) is 0 Å². The number of carbonyl (C=O) groups excluding carboxylic acids is 1. The van der Waals surface area contributed by atoms with Crippen LogP contribution >= 0.6 is 0 Å². The zero-order valence-corrected chi connectivity index (χ0v) is 7.80. The van der Waals surface area contributed by atoms with E-state index in [2.05, 4.69) is 11.8 Å². The first kappa shape index (κ1) is 10.4. The Morgan fingerprint density at radius 3 is 2.86 bits per heavy atom. The van der Waals surface area contributed by atoms with Crippen molar-refractivity contribution in [2.24, 2.45) is 5.73 Å². The minimum absolute atomic E-state index is 0.00551. The van der Waals surface area contributed by atoms with Crippen molar-refractivity contribution in [2.75, 3.05) is 6.54 Å². The van der Waals surface area contributed by atoms with E-state index in [1.165, 1.54) is 6.07 Å². The highest BCUT2D eigenvalue weighted by Crippen LogP contribution is 2.14. The zero-order valence-electron chi connectivity index (χ0n) is 7.80. The summed E-state index contributed by atoms with van der Waals surface area (Å²) < 4.78 is 13.1. The van der Waals surface area contributed by atoms with Crippen molar-refractivity contribution >= 4 is 6.29 Å². The number of aldehydes is 1. The van der Waals surface area contributed by atoms with Crippen LogP contribution < -0.4 is 5.73 Å². The monoisotopic (exact) mass is 191 g/mol. The molecule has 1 aromatic carbocycles. The molecule has 0 amide bonds. The smallest absolute Gasteiger partial charge is 0.154 e. The number of rotatable bonds is 1. The van der Waals surface area contributed by atoms with Gasteiger partial charge in [0.15, 0.2) is 6.29 Å². The summed E-state index contributed by atoms with van der Waals surface area (Å²) in [7, 11) is 0. The van der Waals surface area contributed by atoms with Crippen LogP contribution in [0.1, 0.15) is 21.5 Å². The van der Waals surface area contributed by atoms with Crippen LogP contribution in [0, 0.1) is 24.6 Å². The van der Waals surface area contributed by atoms with E-state index in [1.54, 1.807) is 13.0 Å². The van der Waals surface area contributed by atoms with Gasteiger partial charge in [0.1, 0.15) is 5.82 Å². The van der Waals surface area contributed by atoms with Crippen molar-refractivity contribution in [3.05, 3.63) is 34.6 Å². The van der Waals surface area contributed by atoms with Crippen molar-refractivity contribution in [1.82, 2.24) is 0 Å². The summed E-state index contributed by atoms with van der Waals surface area (Å²) in [5, 5.41) is 0. The van der Waals surface area contributed by atoms with E-state index in [4.69, 9.17) is 5.73 Å². The second kappa shape index (κ2) is 4.54. The van der Waals surface area contributed by atoms with Gasteiger partial charge in [-0.15, -0.1) is 0 Å². The lowest BCUT2D eigenvalue weighted by atomic mass is 10.0. The zero-order chi connectivity index (χ0) is 10.6. The molecule has 0 aliphatic carbocycles. The number of aryl methyl sites for hydroxylation is 1. The third-order valence-electron chi connectivity index (χ3n) is 1.83. The number of hydrogen-bond donors (Lipinski definition) is 1. The molecule has 2 N–H and O–H groups in total. The van der Waals surface area contributed by atoms with Gasteiger partial charge in [0, 0.05) is 5.56 Å². The molecule has 1 rings (SSSR count). The van der Waals surface area contributed by atoms with Gasteiger partial charge in [0.05, 0.1) is 12.1 Å². The molecule has 0 atom stereocenters. The summed E-state index contributed by atoms with van der Waals surface area (Å²) in [6.07, 6.45) is 0.475. The number of benzene rings is 1. The summed E-state index contributed by atoms with van der Waals surface area (Å²) in [4.78, 5) is 10.6. The predicted molar refractivity (Wildman–Crippen MR) is 52.5 cm³/mol. The molecule has 0 fully saturated rings. The average molecular weight is 191 g/mol. The Hall–Kier alpha value is -1.66. The molecule has 1 aromatic rings. The first-order valence-corrected chi connectivity index (χ1v) is 4.14. The van der Waals surface area contributed by atoms with E-state index in [9.17, 15) is 9.18 Å². The summed E-state index contributed by atoms with van der Waals surface area (Å²) in [6.45, 7) is 1.96. The van der Waals surface area contributed by atoms with Crippen molar-refractivity contribution in [3.8, 4) is 11.8 Å². The Kier molecular flexibility index (Phi) is 3.38. The van der Waals surface area contributed by atoms with Gasteiger partial charge < -0.3 is 5.73 Å². The highest BCUT2D eigenvalue weighted by Gasteiger charge is 2.08. The predicted octanol–water partition coefficient (Wildman–Crippen LogP) is 1.26. The lowest BCUT2D eigenvalue weighted by Gasteiger charge is -2.02. The molecule has 0 spiro atoms. The van der Waals surface area contributed by atoms with Crippen molar-refractivity contribution in [2.45, 2.75) is 6.92 Å². The Morgan fingerprint density at radius 2 is 2.29 bits per heavy atom. The normalized spacial score (nSPS) is 9.07. The van der Waals surface area contributed by atoms with Gasteiger partial charge in [0.25, 0.3) is 0 Å². The van der Waals surface area contributed by atoms with Crippen LogP contribution in [-0.4, -0.2) is 12.8 Å². The lowest BCUT2D eigenvalue weighted by Crippen LogP contribution is -1.98. The molecule has 0 radical (unpaired) electrons. The fourth-order valence-corrected chi connectivity index (χ4v) is 1.12. The van der Waals surface area contributed by atoms with Crippen LogP contribution in [0.2, 0.25) is 0 Å². The minimum Gasteiger partial charge on any atom is -0.320 e. The Balaban J connectivity index is 3.37. The van der Waals surface area contributed by atoms with Crippen LogP contribution in [0.15, 0.2) is 12.1 Å². The van der Waals surface area contributed by atoms with Crippen molar-refractivity contribution < 1.29 is 9.18 Å². The standard InChI is InChI=1S/C11H10FNO/c1-8-4-5-11(12)10(7-14)9(8)3-2-6-13/h4-5,7H,6,13H2,1H3. The van der Waals surface area contributed by atoms with E-state index < -0.39 is 5.82 Å². The van der Waals surface area contributed by atoms with E-state index in [0.717, 1.165) is 5.56 Å². The molecule has 0 saturated carbocycles. The summed E-state index contributed by atoms with van der Waals surface area (Å²) in [6, 6.07) is 2.84. The summed E-state index contributed by atoms with van der Waals surface area (Å²) in [5.74, 6) is 4.74. The topological polar surface area (TPSA) is 43.1 Å². The van der Waals surface area contributed by atoms with Crippen molar-refractivity contribution in [1.29, 1.82) is 0 Å². The molecule has 0 aliphatic heterocycles. The number of halogens is 1. The third kappa shape index (κ3) is 1.98. The highest BCUT2D eigenvalue weighted by molar-refractivity contribution is 5.80. The first-order valence-electron chi connectivity index (χ1n) is 4.14. The van der Waals surface area contributed by atoms with Gasteiger partial charge in [-0.2, -0.15) is 0 Å². The van der Waals surface area contributed by atoms with E-state index in [-0.39, 0.29) is 12.1 Å². The van der Waals surface area contributed by atoms with Crippen molar-refractivity contribution in [3.63, 3.8) is 0 Å². The van der Waals surface area contributed by atoms with Gasteiger partial charge in [-0.25, -0.2) is 4.39 Å². The molecule has 14 heavy (non-hydrogen) atoms. The van der Waals surface area contributed by atoms with Crippen LogP contribution in [0.3, 0.4) is 0 Å². The fraction of sp³-hybridized carbons (Fsp3) is 0.182. The largest absolute Gasteiger partial charge is 0.320 e. The maximum Gasteiger partial charge on any atom is 0.154 e. The van der Waals surface area contributed by atoms with Crippen LogP contribution in [0.25, 0.3) is 0 Å². The SMILES string of the molecule is Cc1ccc(F)c(C=O)c1C#CCN. The van der Waals surface area contributed by atoms with Gasteiger partial charge in [-0.05, 0) is 18.6 Å². The Morgan fingerprint density at radius 1 is 1.57 bits per heavy atom. The molecule has 0 aromatic heterocycles. The molecule has 3 heteroatoms. The molecule has 0 unspecified atom stereocenters. The third-order valence-corrected chi connectivity index (χ3v) is 1.83. The number of nitrogens with two attached hydrogens (primary N) is 1. The maximum atomic E-state index is 13.1. The highest BCUT2D eigenvalue weighted by atomic mass is 19.1. The van der Waals surface area contributed by atoms with E-state index >= 15 is 0 Å². The molecular formula is C11H10FNO. The van der Waals surface area contributed by atoms with Gasteiger partial charge in [-0.1, -0.05) is 17.9 Å². The number of carbonyl (C=O) groups is 1. The Labute approximate surface area is 81.9 Å². The molecule has 72 valence electrons. The summed E-state index contributed by atoms with van der Waals surface area (Å²) >= 11 is 0. The second-order valence-electron chi connectivity index (χ2n) is 2.78. The maximum absolute atomic E-state index is 13.1. The Bertz CT molecular complexity index is 415. The molecule has 0 bridgehead atoms. The van der Waals surface area contributed by atoms with Crippen LogP contribution in [0.4, 0.5) is 4.39 Å². The molecule has 0 saturated heterocycles. The quantitative estimate of drug-likeness (QED) is 0.536. The van der Waals surface area contributed by atoms with Gasteiger partial charge >= 0.3 is 0 Å².